The molecule has 1 amide bonds. The van der Waals surface area contributed by atoms with Gasteiger partial charge in [-0.2, -0.15) is 0 Å². The Bertz CT molecular complexity index is 738. The minimum atomic E-state index is -0.408. The Kier molecular flexibility index (Phi) is 3.89. The van der Waals surface area contributed by atoms with Crippen LogP contribution in [-0.4, -0.2) is 37.1 Å². The van der Waals surface area contributed by atoms with E-state index < -0.39 is 6.10 Å². The van der Waals surface area contributed by atoms with Crippen LogP contribution in [0, 0.1) is 5.92 Å². The number of carbonyl (C=O) groups excluding carboxylic acids is 1. The molecule has 0 saturated carbocycles. The summed E-state index contributed by atoms with van der Waals surface area (Å²) in [5.41, 5.74) is 2.39. The van der Waals surface area contributed by atoms with Gasteiger partial charge in [-0.05, 0) is 24.0 Å². The SMILES string of the molecule is COc1cccc2c1OC(C(=O)N1CC(Cc3ccccc3)C1)C2. The van der Waals surface area contributed by atoms with Gasteiger partial charge in [0.15, 0.2) is 17.6 Å². The highest BCUT2D eigenvalue weighted by Gasteiger charge is 2.39. The highest BCUT2D eigenvalue weighted by atomic mass is 16.5. The second kappa shape index (κ2) is 6.19. The third-order valence-electron chi connectivity index (χ3n) is 4.86. The number of benzene rings is 2. The van der Waals surface area contributed by atoms with Crippen LogP contribution in [0.3, 0.4) is 0 Å². The van der Waals surface area contributed by atoms with Crippen LogP contribution >= 0.6 is 0 Å². The Morgan fingerprint density at radius 2 is 1.96 bits per heavy atom. The average Bonchev–Trinajstić information content (AvgIpc) is 3.02. The summed E-state index contributed by atoms with van der Waals surface area (Å²) < 4.78 is 11.2. The third-order valence-corrected chi connectivity index (χ3v) is 4.86. The van der Waals surface area contributed by atoms with E-state index in [0.717, 1.165) is 30.8 Å². The van der Waals surface area contributed by atoms with Crippen molar-refractivity contribution in [2.75, 3.05) is 20.2 Å². The van der Waals surface area contributed by atoms with E-state index in [-0.39, 0.29) is 5.91 Å². The second-order valence-corrected chi connectivity index (χ2v) is 6.56. The van der Waals surface area contributed by atoms with Crippen LogP contribution in [0.4, 0.5) is 0 Å². The Hall–Kier alpha value is -2.49. The summed E-state index contributed by atoms with van der Waals surface area (Å²) in [5.74, 6) is 2.07. The lowest BCUT2D eigenvalue weighted by Crippen LogP contribution is -2.54. The number of hydrogen-bond donors (Lipinski definition) is 0. The molecule has 0 spiro atoms. The van der Waals surface area contributed by atoms with Gasteiger partial charge in [0, 0.05) is 25.1 Å². The van der Waals surface area contributed by atoms with Crippen molar-refractivity contribution in [2.45, 2.75) is 18.9 Å². The monoisotopic (exact) mass is 323 g/mol. The van der Waals surface area contributed by atoms with E-state index in [1.165, 1.54) is 5.56 Å². The molecule has 0 radical (unpaired) electrons. The van der Waals surface area contributed by atoms with Crippen LogP contribution in [-0.2, 0) is 17.6 Å². The molecule has 4 nitrogen and oxygen atoms in total. The van der Waals surface area contributed by atoms with Crippen LogP contribution in [0.5, 0.6) is 11.5 Å². The molecule has 4 heteroatoms. The molecule has 2 aromatic rings. The van der Waals surface area contributed by atoms with Crippen molar-refractivity contribution in [2.24, 2.45) is 5.92 Å². The number of methoxy groups -OCH3 is 1. The molecule has 2 heterocycles. The van der Waals surface area contributed by atoms with E-state index >= 15 is 0 Å². The highest BCUT2D eigenvalue weighted by Crippen LogP contribution is 2.38. The van der Waals surface area contributed by atoms with Crippen LogP contribution < -0.4 is 9.47 Å². The molecule has 1 fully saturated rings. The van der Waals surface area contributed by atoms with E-state index in [0.29, 0.717) is 18.1 Å². The van der Waals surface area contributed by atoms with Crippen molar-refractivity contribution < 1.29 is 14.3 Å². The first-order valence-electron chi connectivity index (χ1n) is 8.40. The van der Waals surface area contributed by atoms with E-state index in [2.05, 4.69) is 24.3 Å². The molecule has 0 bridgehead atoms. The van der Waals surface area contributed by atoms with Gasteiger partial charge in [0.1, 0.15) is 0 Å². The van der Waals surface area contributed by atoms with Crippen molar-refractivity contribution in [1.29, 1.82) is 0 Å². The number of para-hydroxylation sites is 1. The summed E-state index contributed by atoms with van der Waals surface area (Å²) in [7, 11) is 1.62. The van der Waals surface area contributed by atoms with Crippen molar-refractivity contribution >= 4 is 5.91 Å². The first-order chi connectivity index (χ1) is 11.7. The van der Waals surface area contributed by atoms with Gasteiger partial charge in [-0.1, -0.05) is 42.5 Å². The molecule has 1 atom stereocenters. The molecule has 4 rings (SSSR count). The van der Waals surface area contributed by atoms with Crippen molar-refractivity contribution in [3.05, 3.63) is 59.7 Å². The lowest BCUT2D eigenvalue weighted by atomic mass is 9.91. The van der Waals surface area contributed by atoms with Crippen molar-refractivity contribution in [3.8, 4) is 11.5 Å². The average molecular weight is 323 g/mol. The standard InChI is InChI=1S/C20H21NO3/c1-23-17-9-5-8-16-11-18(24-19(16)17)20(22)21-12-15(13-21)10-14-6-3-2-4-7-14/h2-9,15,18H,10-13H2,1H3. The van der Waals surface area contributed by atoms with Gasteiger partial charge in [-0.25, -0.2) is 0 Å². The Labute approximate surface area is 142 Å². The Morgan fingerprint density at radius 3 is 2.71 bits per heavy atom. The summed E-state index contributed by atoms with van der Waals surface area (Å²) in [6.45, 7) is 1.64. The van der Waals surface area contributed by atoms with Crippen LogP contribution in [0.25, 0.3) is 0 Å². The van der Waals surface area contributed by atoms with E-state index in [1.807, 2.05) is 29.2 Å². The lowest BCUT2D eigenvalue weighted by molar-refractivity contribution is -0.144. The van der Waals surface area contributed by atoms with Gasteiger partial charge in [-0.3, -0.25) is 4.79 Å². The second-order valence-electron chi connectivity index (χ2n) is 6.56. The maximum absolute atomic E-state index is 12.7. The summed E-state index contributed by atoms with van der Waals surface area (Å²) in [5, 5.41) is 0. The maximum Gasteiger partial charge on any atom is 0.264 e. The summed E-state index contributed by atoms with van der Waals surface area (Å²) in [6.07, 6.45) is 1.25. The van der Waals surface area contributed by atoms with Crippen LogP contribution in [0.1, 0.15) is 11.1 Å². The molecular formula is C20H21NO3. The Balaban J connectivity index is 1.34. The molecule has 2 aliphatic heterocycles. The molecule has 0 aromatic heterocycles. The summed E-state index contributed by atoms with van der Waals surface area (Å²) >= 11 is 0. The van der Waals surface area contributed by atoms with Crippen molar-refractivity contribution in [3.63, 3.8) is 0 Å². The number of hydrogen-bond acceptors (Lipinski definition) is 3. The number of likely N-dealkylation sites (tertiary alicyclic amines) is 1. The largest absolute Gasteiger partial charge is 0.493 e. The molecule has 124 valence electrons. The smallest absolute Gasteiger partial charge is 0.264 e. The fourth-order valence-electron chi connectivity index (χ4n) is 3.57. The molecular weight excluding hydrogens is 302 g/mol. The number of nitrogens with zero attached hydrogens (tertiary/aromatic N) is 1. The molecule has 24 heavy (non-hydrogen) atoms. The molecule has 0 aliphatic carbocycles. The normalized spacial score (nSPS) is 19.4. The molecule has 2 aromatic carbocycles. The highest BCUT2D eigenvalue weighted by molar-refractivity contribution is 5.83. The zero-order chi connectivity index (χ0) is 16.5. The number of ether oxygens (including phenoxy) is 2. The van der Waals surface area contributed by atoms with E-state index in [4.69, 9.17) is 9.47 Å². The summed E-state index contributed by atoms with van der Waals surface area (Å²) in [6, 6.07) is 16.3. The maximum atomic E-state index is 12.7. The number of rotatable bonds is 4. The molecule has 0 N–H and O–H groups in total. The number of carbonyl (C=O) groups is 1. The molecule has 2 aliphatic rings. The molecule has 1 saturated heterocycles. The fourth-order valence-corrected chi connectivity index (χ4v) is 3.57. The van der Waals surface area contributed by atoms with Crippen molar-refractivity contribution in [1.82, 2.24) is 4.90 Å². The Morgan fingerprint density at radius 1 is 1.17 bits per heavy atom. The van der Waals surface area contributed by atoms with Gasteiger partial charge >= 0.3 is 0 Å². The van der Waals surface area contributed by atoms with E-state index in [1.54, 1.807) is 7.11 Å². The zero-order valence-electron chi connectivity index (χ0n) is 13.8. The van der Waals surface area contributed by atoms with Gasteiger partial charge < -0.3 is 14.4 Å². The van der Waals surface area contributed by atoms with Crippen LogP contribution in [0.15, 0.2) is 48.5 Å². The predicted molar refractivity (Wildman–Crippen MR) is 91.3 cm³/mol. The minimum absolute atomic E-state index is 0.0950. The quantitative estimate of drug-likeness (QED) is 0.868. The fraction of sp³-hybridized carbons (Fsp3) is 0.350. The first-order valence-corrected chi connectivity index (χ1v) is 8.40. The van der Waals surface area contributed by atoms with Gasteiger partial charge in [-0.15, -0.1) is 0 Å². The third kappa shape index (κ3) is 2.73. The zero-order valence-corrected chi connectivity index (χ0v) is 13.8. The van der Waals surface area contributed by atoms with Crippen LogP contribution in [0.2, 0.25) is 0 Å². The summed E-state index contributed by atoms with van der Waals surface area (Å²) in [4.78, 5) is 14.6. The molecule has 1 unspecified atom stereocenters. The number of fused-ring (bicyclic) bond motifs is 1. The van der Waals surface area contributed by atoms with Gasteiger partial charge in [0.25, 0.3) is 5.91 Å². The van der Waals surface area contributed by atoms with Gasteiger partial charge in [0.2, 0.25) is 0 Å². The van der Waals surface area contributed by atoms with E-state index in [9.17, 15) is 4.79 Å². The first kappa shape index (κ1) is 15.1. The number of amides is 1. The topological polar surface area (TPSA) is 38.8 Å². The lowest BCUT2D eigenvalue weighted by Gasteiger charge is -2.40. The van der Waals surface area contributed by atoms with Gasteiger partial charge in [0.05, 0.1) is 7.11 Å². The predicted octanol–water partition coefficient (Wildman–Crippen LogP) is 2.70. The minimum Gasteiger partial charge on any atom is -0.493 e.